The molecule has 1 fully saturated rings. The molecule has 3 rings (SSSR count). The van der Waals surface area contributed by atoms with Crippen LogP contribution in [0, 0.1) is 0 Å². The molecule has 2 aromatic rings. The van der Waals surface area contributed by atoms with E-state index in [0.717, 1.165) is 24.3 Å². The minimum atomic E-state index is -0.534. The standard InChI is InChI=1S/C20H30BrN5O3/c1-7-13-12-25(19(28)29-20(3,4)5)14(8-2)11-24(13)17-10-18(27)23(6)16-9-15(21)22-26(16)17/h9-10,13-14H,7-8,11-12H2,1-6H3/t13-,14+/m0/s1. The first-order valence-electron chi connectivity index (χ1n) is 10.1. The lowest BCUT2D eigenvalue weighted by Gasteiger charge is -2.46. The fourth-order valence-electron chi connectivity index (χ4n) is 3.81. The number of aromatic nitrogens is 3. The minimum absolute atomic E-state index is 0.00855. The molecule has 29 heavy (non-hydrogen) atoms. The highest BCUT2D eigenvalue weighted by molar-refractivity contribution is 9.10. The molecule has 1 aliphatic heterocycles. The Bertz CT molecular complexity index is 961. The lowest BCUT2D eigenvalue weighted by molar-refractivity contribution is 0.00978. The van der Waals surface area contributed by atoms with Gasteiger partial charge in [-0.25, -0.2) is 4.79 Å². The highest BCUT2D eigenvalue weighted by Crippen LogP contribution is 2.28. The number of nitrogens with zero attached hydrogens (tertiary/aromatic N) is 5. The van der Waals surface area contributed by atoms with Crippen molar-refractivity contribution in [2.75, 3.05) is 18.0 Å². The summed E-state index contributed by atoms with van der Waals surface area (Å²) in [4.78, 5) is 29.4. The summed E-state index contributed by atoms with van der Waals surface area (Å²) < 4.78 is 9.69. The van der Waals surface area contributed by atoms with Crippen LogP contribution in [0.4, 0.5) is 10.6 Å². The van der Waals surface area contributed by atoms with E-state index in [0.29, 0.717) is 17.7 Å². The van der Waals surface area contributed by atoms with Crippen LogP contribution >= 0.6 is 15.9 Å². The summed E-state index contributed by atoms with van der Waals surface area (Å²) in [5.41, 5.74) is 0.0992. The molecule has 0 N–H and O–H groups in total. The van der Waals surface area contributed by atoms with Crippen LogP contribution in [0.25, 0.3) is 5.65 Å². The molecule has 2 aromatic heterocycles. The van der Waals surface area contributed by atoms with Gasteiger partial charge in [0, 0.05) is 38.3 Å². The smallest absolute Gasteiger partial charge is 0.410 e. The first-order chi connectivity index (χ1) is 13.6. The van der Waals surface area contributed by atoms with Gasteiger partial charge >= 0.3 is 6.09 Å². The Morgan fingerprint density at radius 3 is 2.45 bits per heavy atom. The molecule has 0 aliphatic carbocycles. The van der Waals surface area contributed by atoms with Crippen LogP contribution in [0.5, 0.6) is 0 Å². The molecule has 1 aliphatic rings. The fraction of sp³-hybridized carbons (Fsp3) is 0.650. The maximum Gasteiger partial charge on any atom is 0.410 e. The van der Waals surface area contributed by atoms with Gasteiger partial charge in [-0.15, -0.1) is 0 Å². The average molecular weight is 468 g/mol. The predicted molar refractivity (Wildman–Crippen MR) is 117 cm³/mol. The molecule has 0 unspecified atom stereocenters. The van der Waals surface area contributed by atoms with E-state index in [4.69, 9.17) is 4.74 Å². The molecule has 0 spiro atoms. The summed E-state index contributed by atoms with van der Waals surface area (Å²) in [5.74, 6) is 0.753. The van der Waals surface area contributed by atoms with Crippen molar-refractivity contribution in [3.63, 3.8) is 0 Å². The van der Waals surface area contributed by atoms with E-state index >= 15 is 0 Å². The van der Waals surface area contributed by atoms with Crippen molar-refractivity contribution in [2.24, 2.45) is 7.05 Å². The zero-order valence-corrected chi connectivity index (χ0v) is 19.6. The van der Waals surface area contributed by atoms with Crippen LogP contribution in [-0.2, 0) is 11.8 Å². The first kappa shape index (κ1) is 21.7. The lowest BCUT2D eigenvalue weighted by Crippen LogP contribution is -2.60. The van der Waals surface area contributed by atoms with Crippen LogP contribution in [0.1, 0.15) is 47.5 Å². The zero-order chi connectivity index (χ0) is 21.5. The first-order valence-corrected chi connectivity index (χ1v) is 10.9. The number of carbonyl (C=O) groups is 1. The normalized spacial score (nSPS) is 20.4. The monoisotopic (exact) mass is 467 g/mol. The number of hydrogen-bond donors (Lipinski definition) is 0. The molecular formula is C20H30BrN5O3. The van der Waals surface area contributed by atoms with Crippen LogP contribution in [0.3, 0.4) is 0 Å². The van der Waals surface area contributed by atoms with E-state index in [1.165, 1.54) is 0 Å². The number of anilines is 1. The number of rotatable bonds is 3. The van der Waals surface area contributed by atoms with Crippen LogP contribution in [0.15, 0.2) is 21.5 Å². The molecule has 160 valence electrons. The SMILES string of the molecule is CC[C@@H]1CN(c2cc(=O)n(C)c3cc(Br)nn23)[C@@H](CC)CN1C(=O)OC(C)(C)C. The zero-order valence-electron chi connectivity index (χ0n) is 18.0. The number of fused-ring (bicyclic) bond motifs is 1. The van der Waals surface area contributed by atoms with Crippen LogP contribution in [-0.4, -0.2) is 55.9 Å². The van der Waals surface area contributed by atoms with Gasteiger partial charge in [-0.3, -0.25) is 9.36 Å². The maximum absolute atomic E-state index is 12.8. The molecule has 1 amide bonds. The van der Waals surface area contributed by atoms with Crippen molar-refractivity contribution in [1.29, 1.82) is 0 Å². The summed E-state index contributed by atoms with van der Waals surface area (Å²) in [5, 5.41) is 4.54. The van der Waals surface area contributed by atoms with Gasteiger partial charge in [0.05, 0.1) is 6.04 Å². The third kappa shape index (κ3) is 4.29. The van der Waals surface area contributed by atoms with E-state index in [9.17, 15) is 9.59 Å². The lowest BCUT2D eigenvalue weighted by atomic mass is 10.0. The Morgan fingerprint density at radius 2 is 1.86 bits per heavy atom. The highest BCUT2D eigenvalue weighted by atomic mass is 79.9. The van der Waals surface area contributed by atoms with E-state index < -0.39 is 5.60 Å². The molecule has 0 radical (unpaired) electrons. The summed E-state index contributed by atoms with van der Waals surface area (Å²) in [6.45, 7) is 11.0. The molecule has 0 saturated carbocycles. The molecule has 8 nitrogen and oxygen atoms in total. The van der Waals surface area contributed by atoms with Gasteiger partial charge in [0.1, 0.15) is 21.7 Å². The number of hydrogen-bond acceptors (Lipinski definition) is 5. The molecule has 0 bridgehead atoms. The molecule has 2 atom stereocenters. The number of piperazine rings is 1. The van der Waals surface area contributed by atoms with Gasteiger partial charge in [-0.1, -0.05) is 13.8 Å². The predicted octanol–water partition coefficient (Wildman–Crippen LogP) is 3.41. The Morgan fingerprint density at radius 1 is 1.21 bits per heavy atom. The number of ether oxygens (including phenoxy) is 1. The highest BCUT2D eigenvalue weighted by Gasteiger charge is 2.38. The van der Waals surface area contributed by atoms with Crippen molar-refractivity contribution in [1.82, 2.24) is 19.1 Å². The topological polar surface area (TPSA) is 72.1 Å². The van der Waals surface area contributed by atoms with E-state index in [2.05, 4.69) is 39.8 Å². The van der Waals surface area contributed by atoms with Gasteiger partial charge in [0.15, 0.2) is 0 Å². The van der Waals surface area contributed by atoms with Gasteiger partial charge in [0.2, 0.25) is 0 Å². The summed E-state index contributed by atoms with van der Waals surface area (Å²) >= 11 is 3.42. The molecular weight excluding hydrogens is 438 g/mol. The van der Waals surface area contributed by atoms with E-state index in [1.54, 1.807) is 22.2 Å². The van der Waals surface area contributed by atoms with Gasteiger partial charge in [-0.2, -0.15) is 9.61 Å². The van der Waals surface area contributed by atoms with E-state index in [-0.39, 0.29) is 23.7 Å². The average Bonchev–Trinajstić information content (AvgIpc) is 3.04. The minimum Gasteiger partial charge on any atom is -0.444 e. The van der Waals surface area contributed by atoms with Gasteiger partial charge < -0.3 is 14.5 Å². The molecule has 1 saturated heterocycles. The largest absolute Gasteiger partial charge is 0.444 e. The molecule has 9 heteroatoms. The molecule has 0 aromatic carbocycles. The molecule has 3 heterocycles. The number of halogens is 1. The quantitative estimate of drug-likeness (QED) is 0.691. The van der Waals surface area contributed by atoms with E-state index in [1.807, 2.05) is 31.7 Å². The maximum atomic E-state index is 12.8. The van der Waals surface area contributed by atoms with Gasteiger partial charge in [-0.05, 0) is 49.5 Å². The summed E-state index contributed by atoms with van der Waals surface area (Å²) in [7, 11) is 1.74. The van der Waals surface area contributed by atoms with Crippen molar-refractivity contribution >= 4 is 33.5 Å². The van der Waals surface area contributed by atoms with Crippen LogP contribution in [0.2, 0.25) is 0 Å². The number of aryl methyl sites for hydroxylation is 1. The number of carbonyl (C=O) groups excluding carboxylic acids is 1. The Hall–Kier alpha value is -2.03. The second-order valence-electron chi connectivity index (χ2n) is 8.55. The second kappa shape index (κ2) is 8.01. The third-order valence-corrected chi connectivity index (χ3v) is 5.75. The Kier molecular flexibility index (Phi) is 5.98. The Labute approximate surface area is 179 Å². The van der Waals surface area contributed by atoms with Gasteiger partial charge in [0.25, 0.3) is 5.56 Å². The van der Waals surface area contributed by atoms with Crippen molar-refractivity contribution in [3.8, 4) is 0 Å². The second-order valence-corrected chi connectivity index (χ2v) is 9.36. The fourth-order valence-corrected chi connectivity index (χ4v) is 4.17. The van der Waals surface area contributed by atoms with Crippen molar-refractivity contribution in [3.05, 3.63) is 27.1 Å². The van der Waals surface area contributed by atoms with Crippen LogP contribution < -0.4 is 10.5 Å². The van der Waals surface area contributed by atoms with Crippen molar-refractivity contribution in [2.45, 2.75) is 65.1 Å². The van der Waals surface area contributed by atoms with Crippen molar-refractivity contribution < 1.29 is 9.53 Å². The number of amides is 1. The Balaban J connectivity index is 2.00. The summed E-state index contributed by atoms with van der Waals surface area (Å²) in [6, 6.07) is 3.51. The third-order valence-electron chi connectivity index (χ3n) is 5.37. The summed E-state index contributed by atoms with van der Waals surface area (Å²) in [6.07, 6.45) is 1.34.